The second kappa shape index (κ2) is 11.4. The molecule has 0 atom stereocenters. The fourth-order valence-electron chi connectivity index (χ4n) is 6.72. The number of imidazole rings is 1. The van der Waals surface area contributed by atoms with E-state index in [1.165, 1.54) is 17.3 Å². The van der Waals surface area contributed by atoms with Gasteiger partial charge in [-0.3, -0.25) is 14.7 Å². The van der Waals surface area contributed by atoms with Crippen molar-refractivity contribution in [1.29, 1.82) is 0 Å². The van der Waals surface area contributed by atoms with Crippen LogP contribution >= 0.6 is 0 Å². The van der Waals surface area contributed by atoms with Crippen LogP contribution in [-0.2, 0) is 25.0 Å². The molecule has 1 N–H and O–H groups in total. The van der Waals surface area contributed by atoms with Crippen LogP contribution in [0.4, 0.5) is 10.3 Å². The molecular formula is C31H40FN7O2. The molecule has 6 rings (SSSR count). The summed E-state index contributed by atoms with van der Waals surface area (Å²) >= 11 is 0. The van der Waals surface area contributed by atoms with Gasteiger partial charge in [-0.25, -0.2) is 9.37 Å². The van der Waals surface area contributed by atoms with Gasteiger partial charge in [-0.15, -0.1) is 0 Å². The highest BCUT2D eigenvalue weighted by atomic mass is 19.1. The molecule has 1 aromatic carbocycles. The summed E-state index contributed by atoms with van der Waals surface area (Å²) in [6.45, 7) is 8.78. The van der Waals surface area contributed by atoms with E-state index in [4.69, 9.17) is 4.74 Å². The Kier molecular flexibility index (Phi) is 7.70. The fourth-order valence-corrected chi connectivity index (χ4v) is 6.72. The number of rotatable bonds is 9. The minimum atomic E-state index is -0.486. The number of benzene rings is 1. The SMILES string of the molecule is CCOc1cc(CN2CC3(CCC3)c3c(CN4CCN(C)CC4)cc(Cn4ccnc4NC)cc3C2=O)ncc1F. The molecule has 4 heterocycles. The summed E-state index contributed by atoms with van der Waals surface area (Å²) in [5, 5.41) is 3.15. The van der Waals surface area contributed by atoms with Crippen molar-refractivity contribution in [1.82, 2.24) is 29.2 Å². The standard InChI is InChI=1S/C31H40FN7O2/c1-4-41-27-16-24(35-17-26(27)32)20-39-21-31(6-5-7-31)28-23(19-37-12-10-36(3)11-13-37)14-22(15-25(28)29(39)40)18-38-9-8-34-30(38)33-2/h8-9,14-17H,4-7,10-13,18-21H2,1-3H3,(H,33,34). The van der Waals surface area contributed by atoms with Crippen LogP contribution in [0, 0.1) is 5.82 Å². The lowest BCUT2D eigenvalue weighted by molar-refractivity contribution is 0.0561. The Morgan fingerprint density at radius 2 is 1.88 bits per heavy atom. The summed E-state index contributed by atoms with van der Waals surface area (Å²) in [5.41, 5.74) is 4.99. The third kappa shape index (κ3) is 5.42. The molecule has 218 valence electrons. The van der Waals surface area contributed by atoms with Crippen LogP contribution in [0.3, 0.4) is 0 Å². The number of piperazine rings is 1. The van der Waals surface area contributed by atoms with E-state index in [1.54, 1.807) is 12.3 Å². The molecule has 1 amide bonds. The van der Waals surface area contributed by atoms with Gasteiger partial charge < -0.3 is 24.4 Å². The average molecular weight is 562 g/mol. The fraction of sp³-hybridized carbons (Fsp3) is 0.516. The van der Waals surface area contributed by atoms with Gasteiger partial charge in [0.2, 0.25) is 5.95 Å². The summed E-state index contributed by atoms with van der Waals surface area (Å²) < 4.78 is 21.8. The van der Waals surface area contributed by atoms with Crippen molar-refractivity contribution >= 4 is 11.9 Å². The van der Waals surface area contributed by atoms with Crippen LogP contribution < -0.4 is 10.1 Å². The molecule has 0 unspecified atom stereocenters. The summed E-state index contributed by atoms with van der Waals surface area (Å²) in [6, 6.07) is 6.05. The van der Waals surface area contributed by atoms with E-state index in [9.17, 15) is 9.18 Å². The number of fused-ring (bicyclic) bond motifs is 2. The molecule has 3 aromatic rings. The Morgan fingerprint density at radius 3 is 2.59 bits per heavy atom. The molecular weight excluding hydrogens is 521 g/mol. The third-order valence-corrected chi connectivity index (χ3v) is 8.94. The molecule has 1 aliphatic carbocycles. The van der Waals surface area contributed by atoms with Crippen molar-refractivity contribution < 1.29 is 13.9 Å². The smallest absolute Gasteiger partial charge is 0.254 e. The minimum absolute atomic E-state index is 0.0163. The number of amides is 1. The molecule has 2 aliphatic heterocycles. The van der Waals surface area contributed by atoms with E-state index < -0.39 is 5.82 Å². The molecule has 41 heavy (non-hydrogen) atoms. The highest BCUT2D eigenvalue weighted by Gasteiger charge is 2.48. The maximum absolute atomic E-state index is 14.2. The van der Waals surface area contributed by atoms with Crippen molar-refractivity contribution in [3.05, 3.63) is 70.6 Å². The average Bonchev–Trinajstić information content (AvgIpc) is 3.39. The van der Waals surface area contributed by atoms with Crippen molar-refractivity contribution in [2.75, 3.05) is 58.7 Å². The molecule has 1 saturated heterocycles. The number of aromatic nitrogens is 3. The van der Waals surface area contributed by atoms with Crippen molar-refractivity contribution in [3.63, 3.8) is 0 Å². The molecule has 1 spiro atoms. The first-order valence-electron chi connectivity index (χ1n) is 14.7. The number of nitrogens with zero attached hydrogens (tertiary/aromatic N) is 6. The van der Waals surface area contributed by atoms with Crippen LogP contribution in [0.25, 0.3) is 0 Å². The lowest BCUT2D eigenvalue weighted by Gasteiger charge is -2.51. The molecule has 9 nitrogen and oxygen atoms in total. The first kappa shape index (κ1) is 27.7. The van der Waals surface area contributed by atoms with Gasteiger partial charge >= 0.3 is 0 Å². The molecule has 2 aromatic heterocycles. The normalized spacial score (nSPS) is 18.8. The Bertz CT molecular complexity index is 1410. The number of halogens is 1. The van der Waals surface area contributed by atoms with E-state index in [0.29, 0.717) is 31.9 Å². The van der Waals surface area contributed by atoms with Gasteiger partial charge in [0.25, 0.3) is 5.91 Å². The highest BCUT2D eigenvalue weighted by molar-refractivity contribution is 5.98. The van der Waals surface area contributed by atoms with Gasteiger partial charge in [-0.2, -0.15) is 0 Å². The van der Waals surface area contributed by atoms with E-state index in [1.807, 2.05) is 25.1 Å². The first-order chi connectivity index (χ1) is 19.9. The van der Waals surface area contributed by atoms with E-state index in [2.05, 4.69) is 48.8 Å². The van der Waals surface area contributed by atoms with Gasteiger partial charge in [0.15, 0.2) is 11.6 Å². The maximum Gasteiger partial charge on any atom is 0.254 e. The van der Waals surface area contributed by atoms with Gasteiger partial charge in [0, 0.05) is 75.8 Å². The minimum Gasteiger partial charge on any atom is -0.491 e. The van der Waals surface area contributed by atoms with Crippen molar-refractivity contribution in [2.24, 2.45) is 0 Å². The summed E-state index contributed by atoms with van der Waals surface area (Å²) in [5.74, 6) is 0.500. The van der Waals surface area contributed by atoms with Crippen LogP contribution in [0.2, 0.25) is 0 Å². The number of hydrogen-bond donors (Lipinski definition) is 1. The molecule has 0 radical (unpaired) electrons. The number of carbonyl (C=O) groups is 1. The molecule has 10 heteroatoms. The predicted octanol–water partition coefficient (Wildman–Crippen LogP) is 3.73. The van der Waals surface area contributed by atoms with Gasteiger partial charge in [-0.05, 0) is 49.6 Å². The number of nitrogens with one attached hydrogen (secondary N) is 1. The number of carbonyl (C=O) groups excluding carboxylic acids is 1. The van der Waals surface area contributed by atoms with Crippen LogP contribution in [-0.4, -0.2) is 88.6 Å². The third-order valence-electron chi connectivity index (χ3n) is 8.94. The number of hydrogen-bond acceptors (Lipinski definition) is 7. The second-order valence-corrected chi connectivity index (χ2v) is 11.7. The largest absolute Gasteiger partial charge is 0.491 e. The Labute approximate surface area is 241 Å². The molecule has 2 fully saturated rings. The van der Waals surface area contributed by atoms with Crippen LogP contribution in [0.15, 0.2) is 36.8 Å². The zero-order valence-corrected chi connectivity index (χ0v) is 24.3. The maximum atomic E-state index is 14.2. The van der Waals surface area contributed by atoms with E-state index in [0.717, 1.165) is 69.1 Å². The second-order valence-electron chi connectivity index (χ2n) is 11.7. The summed E-state index contributed by atoms with van der Waals surface area (Å²) in [7, 11) is 4.04. The Balaban J connectivity index is 1.38. The molecule has 0 bridgehead atoms. The lowest BCUT2D eigenvalue weighted by Crippen LogP contribution is -2.53. The number of anilines is 1. The lowest BCUT2D eigenvalue weighted by atomic mass is 9.60. The summed E-state index contributed by atoms with van der Waals surface area (Å²) in [4.78, 5) is 29.8. The summed E-state index contributed by atoms with van der Waals surface area (Å²) in [6.07, 6.45) is 8.22. The molecule has 1 saturated carbocycles. The highest BCUT2D eigenvalue weighted by Crippen LogP contribution is 2.50. The van der Waals surface area contributed by atoms with Crippen molar-refractivity contribution in [2.45, 2.75) is 51.2 Å². The zero-order chi connectivity index (χ0) is 28.6. The first-order valence-corrected chi connectivity index (χ1v) is 14.7. The van der Waals surface area contributed by atoms with Gasteiger partial charge in [0.1, 0.15) is 0 Å². The van der Waals surface area contributed by atoms with Crippen LogP contribution in [0.5, 0.6) is 5.75 Å². The van der Waals surface area contributed by atoms with E-state index in [-0.39, 0.29) is 17.1 Å². The Morgan fingerprint density at radius 1 is 1.07 bits per heavy atom. The predicted molar refractivity (Wildman–Crippen MR) is 156 cm³/mol. The van der Waals surface area contributed by atoms with Gasteiger partial charge in [-0.1, -0.05) is 12.5 Å². The number of ether oxygens (including phenoxy) is 1. The van der Waals surface area contributed by atoms with Crippen molar-refractivity contribution in [3.8, 4) is 5.75 Å². The number of pyridine rings is 1. The zero-order valence-electron chi connectivity index (χ0n) is 24.3. The quantitative estimate of drug-likeness (QED) is 0.427. The molecule has 3 aliphatic rings. The topological polar surface area (TPSA) is 78.8 Å². The number of likely N-dealkylation sites (N-methyl/N-ethyl adjacent to an activating group) is 1. The van der Waals surface area contributed by atoms with Gasteiger partial charge in [0.05, 0.1) is 31.6 Å². The van der Waals surface area contributed by atoms with Crippen LogP contribution in [0.1, 0.15) is 58.9 Å². The van der Waals surface area contributed by atoms with E-state index >= 15 is 0 Å². The Hall–Kier alpha value is -3.50. The monoisotopic (exact) mass is 561 g/mol.